The van der Waals surface area contributed by atoms with Crippen LogP contribution in [0.3, 0.4) is 0 Å². The molecule has 0 radical (unpaired) electrons. The molecule has 1 aromatic heterocycles. The van der Waals surface area contributed by atoms with Crippen LogP contribution in [-0.2, 0) is 11.3 Å². The molecular weight excluding hydrogens is 346 g/mol. The van der Waals surface area contributed by atoms with E-state index in [1.807, 2.05) is 42.5 Å². The van der Waals surface area contributed by atoms with E-state index in [0.29, 0.717) is 16.7 Å². The van der Waals surface area contributed by atoms with Crippen LogP contribution in [0.5, 0.6) is 0 Å². The first kappa shape index (κ1) is 16.5. The fraction of sp³-hybridized carbons (Fsp3) is 0.125. The van der Waals surface area contributed by atoms with Gasteiger partial charge in [-0.3, -0.25) is 4.79 Å². The van der Waals surface area contributed by atoms with E-state index < -0.39 is 0 Å². The van der Waals surface area contributed by atoms with Crippen LogP contribution >= 0.6 is 23.4 Å². The van der Waals surface area contributed by atoms with E-state index in [1.165, 1.54) is 11.8 Å². The standard InChI is InChI=1S/C16H14ClN5OS/c17-13-8-6-12(7-9-13)10-18-15(23)11-24-16-19-20-21-22(16)14-4-2-1-3-5-14/h1-9H,10-11H2,(H,18,23). The number of hydrogen-bond donors (Lipinski definition) is 1. The third-order valence-electron chi connectivity index (χ3n) is 3.18. The van der Waals surface area contributed by atoms with Gasteiger partial charge in [-0.2, -0.15) is 4.68 Å². The second-order valence-corrected chi connectivity index (χ2v) is 6.28. The van der Waals surface area contributed by atoms with E-state index in [1.54, 1.807) is 16.8 Å². The Bertz CT molecular complexity index is 807. The molecule has 1 amide bonds. The van der Waals surface area contributed by atoms with Crippen molar-refractivity contribution in [3.8, 4) is 5.69 Å². The summed E-state index contributed by atoms with van der Waals surface area (Å²) in [5.41, 5.74) is 1.85. The molecule has 24 heavy (non-hydrogen) atoms. The summed E-state index contributed by atoms with van der Waals surface area (Å²) in [6, 6.07) is 16.9. The molecule has 3 rings (SSSR count). The third kappa shape index (κ3) is 4.33. The van der Waals surface area contributed by atoms with Crippen molar-refractivity contribution in [1.29, 1.82) is 0 Å². The molecule has 8 heteroatoms. The molecule has 0 saturated heterocycles. The van der Waals surface area contributed by atoms with Gasteiger partial charge in [-0.15, -0.1) is 5.10 Å². The van der Waals surface area contributed by atoms with Gasteiger partial charge >= 0.3 is 0 Å². The molecule has 1 heterocycles. The van der Waals surface area contributed by atoms with Gasteiger partial charge in [0.25, 0.3) is 0 Å². The van der Waals surface area contributed by atoms with E-state index >= 15 is 0 Å². The van der Waals surface area contributed by atoms with E-state index in [9.17, 15) is 4.79 Å². The maximum atomic E-state index is 12.0. The number of nitrogens with zero attached hydrogens (tertiary/aromatic N) is 4. The van der Waals surface area contributed by atoms with Gasteiger partial charge in [-0.05, 0) is 40.3 Å². The number of amides is 1. The van der Waals surface area contributed by atoms with Gasteiger partial charge in [0.15, 0.2) is 0 Å². The van der Waals surface area contributed by atoms with Gasteiger partial charge in [0, 0.05) is 11.6 Å². The number of carbonyl (C=O) groups is 1. The van der Waals surface area contributed by atoms with Crippen LogP contribution in [-0.4, -0.2) is 31.9 Å². The normalized spacial score (nSPS) is 10.5. The zero-order chi connectivity index (χ0) is 16.8. The highest BCUT2D eigenvalue weighted by Crippen LogP contribution is 2.17. The average molecular weight is 360 g/mol. The summed E-state index contributed by atoms with van der Waals surface area (Å²) in [7, 11) is 0. The zero-order valence-electron chi connectivity index (χ0n) is 12.6. The van der Waals surface area contributed by atoms with Crippen LogP contribution in [0.25, 0.3) is 5.69 Å². The molecule has 122 valence electrons. The highest BCUT2D eigenvalue weighted by atomic mass is 35.5. The number of halogens is 1. The Morgan fingerprint density at radius 3 is 2.62 bits per heavy atom. The van der Waals surface area contributed by atoms with Crippen molar-refractivity contribution >= 4 is 29.3 Å². The van der Waals surface area contributed by atoms with Crippen LogP contribution in [0.4, 0.5) is 0 Å². The minimum atomic E-state index is -0.0856. The lowest BCUT2D eigenvalue weighted by Crippen LogP contribution is -2.24. The Balaban J connectivity index is 1.54. The molecule has 3 aromatic rings. The molecule has 0 unspecified atom stereocenters. The number of rotatable bonds is 6. The fourth-order valence-electron chi connectivity index (χ4n) is 1.98. The van der Waals surface area contributed by atoms with Gasteiger partial charge in [-0.1, -0.05) is 53.7 Å². The number of nitrogens with one attached hydrogen (secondary N) is 1. The van der Waals surface area contributed by atoms with E-state index in [-0.39, 0.29) is 11.7 Å². The molecule has 6 nitrogen and oxygen atoms in total. The molecule has 0 aliphatic heterocycles. The summed E-state index contributed by atoms with van der Waals surface area (Å²) >= 11 is 7.12. The first-order valence-corrected chi connectivity index (χ1v) is 8.56. The van der Waals surface area contributed by atoms with Crippen LogP contribution in [0, 0.1) is 0 Å². The second kappa shape index (κ2) is 7.94. The first-order chi connectivity index (χ1) is 11.7. The number of para-hydroxylation sites is 1. The Labute approximate surface area is 148 Å². The molecule has 2 aromatic carbocycles. The quantitative estimate of drug-likeness (QED) is 0.685. The first-order valence-electron chi connectivity index (χ1n) is 7.20. The summed E-state index contributed by atoms with van der Waals surface area (Å²) in [6.07, 6.45) is 0. The molecule has 0 aliphatic rings. The predicted molar refractivity (Wildman–Crippen MR) is 93.2 cm³/mol. The maximum Gasteiger partial charge on any atom is 0.230 e. The third-order valence-corrected chi connectivity index (χ3v) is 4.35. The van der Waals surface area contributed by atoms with Crippen molar-refractivity contribution in [3.05, 3.63) is 65.2 Å². The number of hydrogen-bond acceptors (Lipinski definition) is 5. The lowest BCUT2D eigenvalue weighted by Gasteiger charge is -2.06. The molecule has 0 aliphatic carbocycles. The predicted octanol–water partition coefficient (Wildman–Crippen LogP) is 2.72. The van der Waals surface area contributed by atoms with Gasteiger partial charge in [0.2, 0.25) is 11.1 Å². The fourth-order valence-corrected chi connectivity index (χ4v) is 2.83. The number of tetrazole rings is 1. The number of carbonyl (C=O) groups excluding carboxylic acids is 1. The summed E-state index contributed by atoms with van der Waals surface area (Å²) in [5.74, 6) is 0.151. The number of thioether (sulfide) groups is 1. The molecule has 1 N–H and O–H groups in total. The average Bonchev–Trinajstić information content (AvgIpc) is 3.09. The highest BCUT2D eigenvalue weighted by Gasteiger charge is 2.11. The Morgan fingerprint density at radius 2 is 1.88 bits per heavy atom. The molecule has 0 bridgehead atoms. The van der Waals surface area contributed by atoms with Crippen molar-refractivity contribution < 1.29 is 4.79 Å². The maximum absolute atomic E-state index is 12.0. The number of aromatic nitrogens is 4. The van der Waals surface area contributed by atoms with E-state index in [0.717, 1.165) is 11.3 Å². The minimum absolute atomic E-state index is 0.0856. The topological polar surface area (TPSA) is 72.7 Å². The Morgan fingerprint density at radius 1 is 1.12 bits per heavy atom. The summed E-state index contributed by atoms with van der Waals surface area (Å²) < 4.78 is 1.61. The van der Waals surface area contributed by atoms with Crippen molar-refractivity contribution in [2.75, 3.05) is 5.75 Å². The van der Waals surface area contributed by atoms with Crippen molar-refractivity contribution in [1.82, 2.24) is 25.5 Å². The van der Waals surface area contributed by atoms with Crippen LogP contribution in [0.1, 0.15) is 5.56 Å². The van der Waals surface area contributed by atoms with Gasteiger partial charge < -0.3 is 5.32 Å². The molecule has 0 spiro atoms. The smallest absolute Gasteiger partial charge is 0.230 e. The van der Waals surface area contributed by atoms with E-state index in [2.05, 4.69) is 20.8 Å². The van der Waals surface area contributed by atoms with Crippen LogP contribution in [0.15, 0.2) is 59.8 Å². The van der Waals surface area contributed by atoms with Gasteiger partial charge in [0.05, 0.1) is 11.4 Å². The summed E-state index contributed by atoms with van der Waals surface area (Å²) in [5, 5.41) is 15.7. The Hall–Kier alpha value is -2.38. The van der Waals surface area contributed by atoms with Crippen molar-refractivity contribution in [3.63, 3.8) is 0 Å². The van der Waals surface area contributed by atoms with Crippen molar-refractivity contribution in [2.24, 2.45) is 0 Å². The van der Waals surface area contributed by atoms with E-state index in [4.69, 9.17) is 11.6 Å². The van der Waals surface area contributed by atoms with Gasteiger partial charge in [0.1, 0.15) is 0 Å². The summed E-state index contributed by atoms with van der Waals surface area (Å²) in [6.45, 7) is 0.459. The lowest BCUT2D eigenvalue weighted by atomic mass is 10.2. The lowest BCUT2D eigenvalue weighted by molar-refractivity contribution is -0.118. The SMILES string of the molecule is O=C(CSc1nnnn1-c1ccccc1)NCc1ccc(Cl)cc1. The molecule has 0 saturated carbocycles. The largest absolute Gasteiger partial charge is 0.351 e. The molecule has 0 atom stereocenters. The van der Waals surface area contributed by atoms with Crippen LogP contribution in [0.2, 0.25) is 5.02 Å². The van der Waals surface area contributed by atoms with Crippen molar-refractivity contribution in [2.45, 2.75) is 11.7 Å². The second-order valence-electron chi connectivity index (χ2n) is 4.90. The molecule has 0 fully saturated rings. The highest BCUT2D eigenvalue weighted by molar-refractivity contribution is 7.99. The number of benzene rings is 2. The molecular formula is C16H14ClN5OS. The monoisotopic (exact) mass is 359 g/mol. The van der Waals surface area contributed by atoms with Crippen LogP contribution < -0.4 is 5.32 Å². The van der Waals surface area contributed by atoms with Gasteiger partial charge in [-0.25, -0.2) is 0 Å². The minimum Gasteiger partial charge on any atom is -0.351 e. The Kier molecular flexibility index (Phi) is 5.45. The zero-order valence-corrected chi connectivity index (χ0v) is 14.2. The summed E-state index contributed by atoms with van der Waals surface area (Å²) in [4.78, 5) is 12.0.